The van der Waals surface area contributed by atoms with Crippen molar-refractivity contribution in [2.24, 2.45) is 0 Å². The first kappa shape index (κ1) is 24.4. The first-order valence-corrected chi connectivity index (χ1v) is 8.95. The lowest BCUT2D eigenvalue weighted by Crippen LogP contribution is -2.20. The summed E-state index contributed by atoms with van der Waals surface area (Å²) in [7, 11) is 4.29. The number of esters is 1. The Morgan fingerprint density at radius 2 is 1.56 bits per heavy atom. The molecule has 0 fully saturated rings. The molecule has 0 saturated carbocycles. The fourth-order valence-electron chi connectivity index (χ4n) is 2.48. The van der Waals surface area contributed by atoms with Crippen LogP contribution in [-0.4, -0.2) is 46.2 Å². The molecule has 0 unspecified atom stereocenters. The van der Waals surface area contributed by atoms with Crippen LogP contribution in [0.4, 0.5) is 18.9 Å². The lowest BCUT2D eigenvalue weighted by molar-refractivity contribution is -0.274. The number of ether oxygens (including phenoxy) is 5. The number of benzene rings is 2. The maximum Gasteiger partial charge on any atom is 0.573 e. The van der Waals surface area contributed by atoms with Crippen LogP contribution in [0.25, 0.3) is 6.08 Å². The summed E-state index contributed by atoms with van der Waals surface area (Å²) in [5.41, 5.74) is 0.760. The van der Waals surface area contributed by atoms with Gasteiger partial charge in [-0.25, -0.2) is 4.79 Å². The van der Waals surface area contributed by atoms with Crippen molar-refractivity contribution in [1.82, 2.24) is 0 Å². The second-order valence-electron chi connectivity index (χ2n) is 6.02. The van der Waals surface area contributed by atoms with Gasteiger partial charge in [-0.15, -0.1) is 13.2 Å². The number of amides is 1. The molecule has 0 heterocycles. The Kier molecular flexibility index (Phi) is 8.33. The molecule has 0 spiro atoms. The number of halogens is 3. The second-order valence-corrected chi connectivity index (χ2v) is 6.02. The van der Waals surface area contributed by atoms with E-state index in [1.54, 1.807) is 0 Å². The molecule has 2 aromatic rings. The number of anilines is 1. The molecule has 0 aliphatic carbocycles. The molecular formula is C21H20F3NO7. The van der Waals surface area contributed by atoms with E-state index in [2.05, 4.69) is 10.1 Å². The van der Waals surface area contributed by atoms with Crippen molar-refractivity contribution in [3.8, 4) is 23.0 Å². The zero-order valence-corrected chi connectivity index (χ0v) is 17.3. The molecule has 172 valence electrons. The van der Waals surface area contributed by atoms with Crippen LogP contribution >= 0.6 is 0 Å². The average molecular weight is 455 g/mol. The van der Waals surface area contributed by atoms with Crippen LogP contribution in [-0.2, 0) is 14.3 Å². The number of alkyl halides is 3. The van der Waals surface area contributed by atoms with Gasteiger partial charge in [-0.05, 0) is 23.8 Å². The maximum atomic E-state index is 12.1. The Morgan fingerprint density at radius 1 is 0.969 bits per heavy atom. The topological polar surface area (TPSA) is 92.3 Å². The van der Waals surface area contributed by atoms with Crippen molar-refractivity contribution < 1.29 is 46.4 Å². The van der Waals surface area contributed by atoms with Crippen molar-refractivity contribution in [2.75, 3.05) is 33.3 Å². The van der Waals surface area contributed by atoms with Gasteiger partial charge < -0.3 is 29.0 Å². The molecule has 1 amide bonds. The maximum absolute atomic E-state index is 12.1. The van der Waals surface area contributed by atoms with Crippen molar-refractivity contribution in [3.63, 3.8) is 0 Å². The molecule has 0 aliphatic heterocycles. The molecule has 2 aromatic carbocycles. The highest BCUT2D eigenvalue weighted by atomic mass is 19.4. The van der Waals surface area contributed by atoms with Crippen LogP contribution in [0.2, 0.25) is 0 Å². The summed E-state index contributed by atoms with van der Waals surface area (Å²) in [6.07, 6.45) is -2.44. The molecule has 32 heavy (non-hydrogen) atoms. The number of methoxy groups -OCH3 is 3. The summed E-state index contributed by atoms with van der Waals surface area (Å²) in [6.45, 7) is -0.571. The van der Waals surface area contributed by atoms with Gasteiger partial charge in [0.1, 0.15) is 5.75 Å². The predicted octanol–water partition coefficient (Wildman–Crippen LogP) is 3.81. The van der Waals surface area contributed by atoms with Gasteiger partial charge in [0.05, 0.1) is 21.3 Å². The summed E-state index contributed by atoms with van der Waals surface area (Å²) in [5, 5.41) is 2.54. The molecule has 0 atom stereocenters. The molecule has 0 radical (unpaired) electrons. The van der Waals surface area contributed by atoms with Crippen LogP contribution in [0.3, 0.4) is 0 Å². The minimum atomic E-state index is -4.79. The third-order valence-electron chi connectivity index (χ3n) is 3.82. The minimum absolute atomic E-state index is 0.328. The van der Waals surface area contributed by atoms with Crippen LogP contribution in [0.15, 0.2) is 42.5 Å². The predicted molar refractivity (Wildman–Crippen MR) is 108 cm³/mol. The van der Waals surface area contributed by atoms with Crippen molar-refractivity contribution >= 4 is 23.6 Å². The SMILES string of the molecule is COc1cc(NC(=O)COC(=O)/C=C/c2ccc(OC(F)(F)F)cc2)cc(OC)c1OC. The Bertz CT molecular complexity index is 947. The van der Waals surface area contributed by atoms with E-state index in [1.165, 1.54) is 51.7 Å². The molecule has 11 heteroatoms. The summed E-state index contributed by atoms with van der Waals surface area (Å²) in [5.74, 6) is -0.818. The number of hydrogen-bond acceptors (Lipinski definition) is 7. The van der Waals surface area contributed by atoms with Gasteiger partial charge in [-0.2, -0.15) is 0 Å². The Hall–Kier alpha value is -3.89. The van der Waals surface area contributed by atoms with Gasteiger partial charge in [-0.1, -0.05) is 12.1 Å². The number of nitrogens with one attached hydrogen (secondary N) is 1. The molecule has 0 bridgehead atoms. The number of rotatable bonds is 9. The van der Waals surface area contributed by atoms with E-state index in [0.717, 1.165) is 18.2 Å². The van der Waals surface area contributed by atoms with Gasteiger partial charge in [-0.3, -0.25) is 4.79 Å². The second kappa shape index (κ2) is 10.9. The third-order valence-corrected chi connectivity index (χ3v) is 3.82. The standard InChI is InChI=1S/C21H20F3NO7/c1-28-16-10-14(11-17(29-2)20(16)30-3)25-18(26)12-31-19(27)9-6-13-4-7-15(8-5-13)32-21(22,23)24/h4-11H,12H2,1-3H3,(H,25,26)/b9-6+. The fraction of sp³-hybridized carbons (Fsp3) is 0.238. The first-order valence-electron chi connectivity index (χ1n) is 8.95. The zero-order valence-electron chi connectivity index (χ0n) is 17.3. The Balaban J connectivity index is 1.90. The van der Waals surface area contributed by atoms with Gasteiger partial charge in [0, 0.05) is 23.9 Å². The lowest BCUT2D eigenvalue weighted by Gasteiger charge is -2.14. The van der Waals surface area contributed by atoms with Gasteiger partial charge >= 0.3 is 12.3 Å². The molecule has 0 aromatic heterocycles. The number of carbonyl (C=O) groups excluding carboxylic acids is 2. The first-order chi connectivity index (χ1) is 15.1. The summed E-state index contributed by atoms with van der Waals surface area (Å²) in [4.78, 5) is 23.9. The van der Waals surface area contributed by atoms with E-state index >= 15 is 0 Å². The number of hydrogen-bond donors (Lipinski definition) is 1. The van der Waals surface area contributed by atoms with Crippen molar-refractivity contribution in [3.05, 3.63) is 48.0 Å². The molecule has 0 aliphatic rings. The monoisotopic (exact) mass is 455 g/mol. The Morgan fingerprint density at radius 3 is 2.06 bits per heavy atom. The van der Waals surface area contributed by atoms with Gasteiger partial charge in [0.25, 0.3) is 5.91 Å². The smallest absolute Gasteiger partial charge is 0.493 e. The highest BCUT2D eigenvalue weighted by Gasteiger charge is 2.30. The Labute approximate surface area is 181 Å². The zero-order chi connectivity index (χ0) is 23.7. The fourth-order valence-corrected chi connectivity index (χ4v) is 2.48. The van der Waals surface area contributed by atoms with Crippen LogP contribution in [0.1, 0.15) is 5.56 Å². The average Bonchev–Trinajstić information content (AvgIpc) is 2.75. The van der Waals surface area contributed by atoms with E-state index in [9.17, 15) is 22.8 Å². The van der Waals surface area contributed by atoms with Gasteiger partial charge in [0.2, 0.25) is 5.75 Å². The molecular weight excluding hydrogens is 435 g/mol. The van der Waals surface area contributed by atoms with E-state index in [0.29, 0.717) is 28.5 Å². The van der Waals surface area contributed by atoms with Crippen LogP contribution in [0, 0.1) is 0 Å². The highest BCUT2D eigenvalue weighted by Crippen LogP contribution is 2.39. The molecule has 1 N–H and O–H groups in total. The van der Waals surface area contributed by atoms with Gasteiger partial charge in [0.15, 0.2) is 18.1 Å². The summed E-state index contributed by atoms with van der Waals surface area (Å²) in [6, 6.07) is 7.86. The minimum Gasteiger partial charge on any atom is -0.493 e. The largest absolute Gasteiger partial charge is 0.573 e. The highest BCUT2D eigenvalue weighted by molar-refractivity contribution is 5.95. The summed E-state index contributed by atoms with van der Waals surface area (Å²) < 4.78 is 60.6. The van der Waals surface area contributed by atoms with Crippen LogP contribution < -0.4 is 24.3 Å². The third kappa shape index (κ3) is 7.42. The normalized spacial score (nSPS) is 11.1. The van der Waals surface area contributed by atoms with E-state index < -0.39 is 24.8 Å². The quantitative estimate of drug-likeness (QED) is 0.454. The van der Waals surface area contributed by atoms with E-state index in [1.807, 2.05) is 0 Å². The van der Waals surface area contributed by atoms with E-state index in [4.69, 9.17) is 18.9 Å². The molecule has 2 rings (SSSR count). The van der Waals surface area contributed by atoms with Crippen LogP contribution in [0.5, 0.6) is 23.0 Å². The van der Waals surface area contributed by atoms with Crippen molar-refractivity contribution in [1.29, 1.82) is 0 Å². The summed E-state index contributed by atoms with van der Waals surface area (Å²) >= 11 is 0. The van der Waals surface area contributed by atoms with E-state index in [-0.39, 0.29) is 5.75 Å². The van der Waals surface area contributed by atoms with Crippen molar-refractivity contribution in [2.45, 2.75) is 6.36 Å². The molecule has 0 saturated heterocycles. The lowest BCUT2D eigenvalue weighted by atomic mass is 10.2. The number of carbonyl (C=O) groups is 2. The molecule has 8 nitrogen and oxygen atoms in total.